The smallest absolute Gasteiger partial charge is 0.396 e. The molecule has 28 heavy (non-hydrogen) atoms. The van der Waals surface area contributed by atoms with Gasteiger partial charge in [0.25, 0.3) is 5.91 Å². The Morgan fingerprint density at radius 3 is 2.50 bits per heavy atom. The second kappa shape index (κ2) is 9.08. The van der Waals surface area contributed by atoms with E-state index in [2.05, 4.69) is 0 Å². The first kappa shape index (κ1) is 23.1. The van der Waals surface area contributed by atoms with E-state index in [1.54, 1.807) is 0 Å². The molecule has 1 saturated heterocycles. The summed E-state index contributed by atoms with van der Waals surface area (Å²) in [4.78, 5) is 13.0. The van der Waals surface area contributed by atoms with Gasteiger partial charge in [-0.25, -0.2) is 8.42 Å². The highest BCUT2D eigenvalue weighted by Crippen LogP contribution is 2.30. The van der Waals surface area contributed by atoms with Gasteiger partial charge in [-0.1, -0.05) is 0 Å². The first-order chi connectivity index (χ1) is 13.0. The number of carbonyl (C=O) groups excluding carboxylic acids is 1. The van der Waals surface area contributed by atoms with Gasteiger partial charge in [0.1, 0.15) is 9.77 Å². The summed E-state index contributed by atoms with van der Waals surface area (Å²) in [7, 11) is -3.99. The van der Waals surface area contributed by atoms with Gasteiger partial charge in [0.2, 0.25) is 10.0 Å². The van der Waals surface area contributed by atoms with Gasteiger partial charge >= 0.3 is 6.18 Å². The maximum Gasteiger partial charge on any atom is 0.416 e. The van der Waals surface area contributed by atoms with Gasteiger partial charge in [-0.3, -0.25) is 4.79 Å². The van der Waals surface area contributed by atoms with Crippen LogP contribution in [0.5, 0.6) is 0 Å². The first-order valence-electron chi connectivity index (χ1n) is 8.74. The van der Waals surface area contributed by atoms with Crippen molar-refractivity contribution in [1.82, 2.24) is 9.21 Å². The molecule has 0 spiro atoms. The summed E-state index contributed by atoms with van der Waals surface area (Å²) in [6.45, 7) is 0.720. The van der Waals surface area contributed by atoms with Crippen LogP contribution in [0.25, 0.3) is 0 Å². The highest BCUT2D eigenvalue weighted by Gasteiger charge is 2.41. The number of rotatable bonds is 7. The molecule has 1 unspecified atom stereocenters. The van der Waals surface area contributed by atoms with E-state index >= 15 is 0 Å². The van der Waals surface area contributed by atoms with Gasteiger partial charge in [0.15, 0.2) is 6.10 Å². The highest BCUT2D eigenvalue weighted by atomic mass is 32.2. The van der Waals surface area contributed by atoms with Crippen molar-refractivity contribution in [3.05, 3.63) is 16.3 Å². The minimum absolute atomic E-state index is 0.0227. The van der Waals surface area contributed by atoms with Crippen LogP contribution in [0.3, 0.4) is 0 Å². The Balaban J connectivity index is 2.23. The summed E-state index contributed by atoms with van der Waals surface area (Å²) in [5.74, 6) is -0.848. The van der Waals surface area contributed by atoms with Crippen LogP contribution in [0.15, 0.2) is 16.3 Å². The molecule has 0 bridgehead atoms. The lowest BCUT2D eigenvalue weighted by Gasteiger charge is -2.30. The van der Waals surface area contributed by atoms with Crippen LogP contribution >= 0.6 is 11.3 Å². The lowest BCUT2D eigenvalue weighted by atomic mass is 10.00. The van der Waals surface area contributed by atoms with Crippen LogP contribution in [0.1, 0.15) is 29.4 Å². The number of halogens is 3. The number of likely N-dealkylation sites (N-methyl/N-ethyl adjacent to an activating group) is 1. The Morgan fingerprint density at radius 2 is 2.00 bits per heavy atom. The molecule has 12 heteroatoms. The molecule has 0 radical (unpaired) electrons. The topological polar surface area (TPSA) is 98.2 Å². The number of alkyl halides is 3. The molecule has 0 aromatic carbocycles. The minimum atomic E-state index is -4.88. The second-order valence-corrected chi connectivity index (χ2v) is 9.37. The fourth-order valence-corrected chi connectivity index (χ4v) is 5.77. The molecule has 0 aliphatic carbocycles. The number of carbonyl (C=O) groups is 1. The predicted molar refractivity (Wildman–Crippen MR) is 96.5 cm³/mol. The Bertz CT molecular complexity index is 773. The molecule has 0 saturated carbocycles. The standard InChI is InChI=1S/C16H23F3N2O5S2/c1-2-20(9-13(23)16(17,18)19)15(24)14-12(5-8-27-14)28(25,26)21-6-3-11(10-22)4-7-21/h5,8,11,13,22-23H,2-4,6-7,9-10H2,1H3. The number of aliphatic hydroxyl groups excluding tert-OH is 2. The fourth-order valence-electron chi connectivity index (χ4n) is 2.94. The molecule has 1 aliphatic heterocycles. The Labute approximate surface area is 165 Å². The van der Waals surface area contributed by atoms with Gasteiger partial charge in [-0.15, -0.1) is 11.3 Å². The molecule has 160 valence electrons. The number of hydrogen-bond acceptors (Lipinski definition) is 6. The normalized spacial score (nSPS) is 18.2. The van der Waals surface area contributed by atoms with Gasteiger partial charge in [0.05, 0.1) is 6.54 Å². The summed E-state index contributed by atoms with van der Waals surface area (Å²) in [5.41, 5.74) is 0. The molecule has 1 amide bonds. The molecule has 2 rings (SSSR count). The van der Waals surface area contributed by atoms with Gasteiger partial charge < -0.3 is 15.1 Å². The van der Waals surface area contributed by atoms with Crippen molar-refractivity contribution in [2.75, 3.05) is 32.8 Å². The largest absolute Gasteiger partial charge is 0.416 e. The van der Waals surface area contributed by atoms with E-state index in [0.29, 0.717) is 12.8 Å². The van der Waals surface area contributed by atoms with E-state index in [4.69, 9.17) is 0 Å². The molecule has 1 aromatic rings. The van der Waals surface area contributed by atoms with E-state index < -0.39 is 34.8 Å². The minimum Gasteiger partial charge on any atom is -0.396 e. The van der Waals surface area contributed by atoms with Crippen LogP contribution in [-0.4, -0.2) is 78.8 Å². The van der Waals surface area contributed by atoms with Gasteiger partial charge in [0, 0.05) is 26.2 Å². The summed E-state index contributed by atoms with van der Waals surface area (Å²) in [6, 6.07) is 1.26. The SMILES string of the molecule is CCN(CC(O)C(F)(F)F)C(=O)c1sccc1S(=O)(=O)N1CCC(CO)CC1. The molecule has 1 aliphatic rings. The average molecular weight is 444 g/mol. The van der Waals surface area contributed by atoms with Crippen LogP contribution in [0.2, 0.25) is 0 Å². The number of aliphatic hydroxyl groups is 2. The second-order valence-electron chi connectivity index (χ2n) is 6.55. The first-order valence-corrected chi connectivity index (χ1v) is 11.1. The lowest BCUT2D eigenvalue weighted by molar-refractivity contribution is -0.206. The summed E-state index contributed by atoms with van der Waals surface area (Å²) in [6.07, 6.45) is -6.62. The molecule has 1 atom stereocenters. The molecule has 2 heterocycles. The Morgan fingerprint density at radius 1 is 1.39 bits per heavy atom. The molecule has 1 fully saturated rings. The molecule has 2 N–H and O–H groups in total. The van der Waals surface area contributed by atoms with Crippen molar-refractivity contribution in [1.29, 1.82) is 0 Å². The van der Waals surface area contributed by atoms with E-state index in [-0.39, 0.29) is 41.9 Å². The Hall–Kier alpha value is -1.21. The van der Waals surface area contributed by atoms with Gasteiger partial charge in [-0.2, -0.15) is 17.5 Å². The average Bonchev–Trinajstić information content (AvgIpc) is 3.15. The zero-order valence-electron chi connectivity index (χ0n) is 15.2. The fraction of sp³-hybridized carbons (Fsp3) is 0.688. The highest BCUT2D eigenvalue weighted by molar-refractivity contribution is 7.89. The molecule has 1 aromatic heterocycles. The van der Waals surface area contributed by atoms with E-state index in [1.165, 1.54) is 22.7 Å². The summed E-state index contributed by atoms with van der Waals surface area (Å²) in [5, 5.41) is 19.8. The van der Waals surface area contributed by atoms with Crippen molar-refractivity contribution < 1.29 is 36.6 Å². The number of amides is 1. The third-order valence-electron chi connectivity index (χ3n) is 4.71. The van der Waals surface area contributed by atoms with Crippen LogP contribution in [-0.2, 0) is 10.0 Å². The summed E-state index contributed by atoms with van der Waals surface area (Å²) < 4.78 is 64.9. The van der Waals surface area contributed by atoms with Crippen LogP contribution in [0.4, 0.5) is 13.2 Å². The van der Waals surface area contributed by atoms with Crippen molar-refractivity contribution in [2.45, 2.75) is 36.9 Å². The van der Waals surface area contributed by atoms with Crippen molar-refractivity contribution in [3.63, 3.8) is 0 Å². The van der Waals surface area contributed by atoms with Crippen molar-refractivity contribution in [2.24, 2.45) is 5.92 Å². The molecular formula is C16H23F3N2O5S2. The maximum atomic E-state index is 12.9. The quantitative estimate of drug-likeness (QED) is 0.665. The third-order valence-corrected chi connectivity index (χ3v) is 7.69. The zero-order chi connectivity index (χ0) is 21.1. The zero-order valence-corrected chi connectivity index (χ0v) is 16.9. The van der Waals surface area contributed by atoms with E-state index in [0.717, 1.165) is 16.2 Å². The van der Waals surface area contributed by atoms with Crippen molar-refractivity contribution >= 4 is 27.3 Å². The number of nitrogens with zero attached hydrogens (tertiary/aromatic N) is 2. The van der Waals surface area contributed by atoms with E-state index in [9.17, 15) is 36.6 Å². The Kier molecular flexibility index (Phi) is 7.48. The molecular weight excluding hydrogens is 421 g/mol. The maximum absolute atomic E-state index is 12.9. The molecule has 7 nitrogen and oxygen atoms in total. The predicted octanol–water partition coefficient (Wildman–Crippen LogP) is 1.53. The van der Waals surface area contributed by atoms with E-state index in [1.807, 2.05) is 0 Å². The lowest BCUT2D eigenvalue weighted by Crippen LogP contribution is -2.44. The number of sulfonamides is 1. The monoisotopic (exact) mass is 444 g/mol. The van der Waals surface area contributed by atoms with Crippen LogP contribution < -0.4 is 0 Å². The number of thiophene rings is 1. The van der Waals surface area contributed by atoms with Gasteiger partial charge in [-0.05, 0) is 37.1 Å². The number of piperidine rings is 1. The summed E-state index contributed by atoms with van der Waals surface area (Å²) >= 11 is 0.832. The van der Waals surface area contributed by atoms with Crippen molar-refractivity contribution in [3.8, 4) is 0 Å². The number of hydrogen-bond donors (Lipinski definition) is 2. The van der Waals surface area contributed by atoms with Crippen LogP contribution in [0, 0.1) is 5.92 Å². The third kappa shape index (κ3) is 5.03.